The predicted molar refractivity (Wildman–Crippen MR) is 123 cm³/mol. The van der Waals surface area contributed by atoms with Crippen LogP contribution in [0.5, 0.6) is 0 Å². The van der Waals surface area contributed by atoms with Crippen LogP contribution in [0.2, 0.25) is 5.02 Å². The van der Waals surface area contributed by atoms with Crippen LogP contribution in [0.4, 0.5) is 11.5 Å². The third kappa shape index (κ3) is 5.47. The number of aromatic nitrogens is 4. The number of anilines is 2. The molecule has 0 bridgehead atoms. The second kappa shape index (κ2) is 10.5. The first-order chi connectivity index (χ1) is 15.4. The minimum absolute atomic E-state index is 0.000418. The van der Waals surface area contributed by atoms with Crippen LogP contribution in [-0.4, -0.2) is 51.5 Å². The summed E-state index contributed by atoms with van der Waals surface area (Å²) >= 11 is 7.47. The number of thiazole rings is 1. The highest BCUT2D eigenvalue weighted by molar-refractivity contribution is 7.13. The highest BCUT2D eigenvalue weighted by Gasteiger charge is 2.21. The van der Waals surface area contributed by atoms with Crippen molar-refractivity contribution in [2.24, 2.45) is 9.98 Å². The van der Waals surface area contributed by atoms with Crippen LogP contribution in [0.1, 0.15) is 38.1 Å². The molecule has 3 aromatic heterocycles. The molecule has 13 heteroatoms. The van der Waals surface area contributed by atoms with E-state index in [1.54, 1.807) is 31.5 Å². The van der Waals surface area contributed by atoms with Gasteiger partial charge in [-0.2, -0.15) is 0 Å². The molecule has 0 aliphatic carbocycles. The van der Waals surface area contributed by atoms with Crippen molar-refractivity contribution in [1.82, 2.24) is 30.6 Å². The second-order valence-electron chi connectivity index (χ2n) is 6.16. The third-order valence-corrected chi connectivity index (χ3v) is 5.54. The Labute approximate surface area is 192 Å². The molecule has 0 spiro atoms. The van der Waals surface area contributed by atoms with Crippen molar-refractivity contribution in [3.63, 3.8) is 0 Å². The lowest BCUT2D eigenvalue weighted by Gasteiger charge is -2.13. The summed E-state index contributed by atoms with van der Waals surface area (Å²) in [6.07, 6.45) is 5.86. The Morgan fingerprint density at radius 2 is 1.94 bits per heavy atom. The number of carbonyl (C=O) groups excluding carboxylic acids is 2. The average Bonchev–Trinajstić information content (AvgIpc) is 3.30. The van der Waals surface area contributed by atoms with Crippen molar-refractivity contribution in [2.45, 2.75) is 13.0 Å². The van der Waals surface area contributed by atoms with Gasteiger partial charge in [-0.05, 0) is 25.8 Å². The Morgan fingerprint density at radius 1 is 1.19 bits per heavy atom. The molecule has 3 rings (SSSR count). The number of nitrogens with zero attached hydrogens (tertiary/aromatic N) is 6. The lowest BCUT2D eigenvalue weighted by molar-refractivity contribution is 0.0933. The van der Waals surface area contributed by atoms with Gasteiger partial charge in [0.05, 0.1) is 12.2 Å². The van der Waals surface area contributed by atoms with E-state index in [9.17, 15) is 9.59 Å². The van der Waals surface area contributed by atoms with E-state index in [-0.39, 0.29) is 22.5 Å². The van der Waals surface area contributed by atoms with Crippen molar-refractivity contribution < 1.29 is 9.59 Å². The summed E-state index contributed by atoms with van der Waals surface area (Å²) in [5.74, 6) is -0.560. The summed E-state index contributed by atoms with van der Waals surface area (Å²) in [6, 6.07) is 2.96. The van der Waals surface area contributed by atoms with Crippen molar-refractivity contribution in [2.75, 3.05) is 12.4 Å². The Hall–Kier alpha value is -3.77. The Morgan fingerprint density at radius 3 is 2.62 bits per heavy atom. The van der Waals surface area contributed by atoms with Crippen molar-refractivity contribution in [3.8, 4) is 0 Å². The molecule has 32 heavy (non-hydrogen) atoms. The topological polar surface area (TPSA) is 147 Å². The number of rotatable bonds is 6. The van der Waals surface area contributed by atoms with Crippen LogP contribution < -0.4 is 16.0 Å². The van der Waals surface area contributed by atoms with Crippen LogP contribution >= 0.6 is 22.9 Å². The zero-order chi connectivity index (χ0) is 23.1. The van der Waals surface area contributed by atoms with Crippen LogP contribution in [0, 0.1) is 0 Å². The molecule has 0 aliphatic heterocycles. The van der Waals surface area contributed by atoms with E-state index in [2.05, 4.69) is 52.6 Å². The van der Waals surface area contributed by atoms with Crippen molar-refractivity contribution in [1.29, 1.82) is 0 Å². The molecule has 0 saturated heterocycles. The summed E-state index contributed by atoms with van der Waals surface area (Å²) < 4.78 is 0. The monoisotopic (exact) mass is 471 g/mol. The fraction of sp³-hybridized carbons (Fsp3) is 0.158. The van der Waals surface area contributed by atoms with E-state index < -0.39 is 17.9 Å². The molecule has 3 heterocycles. The Bertz CT molecular complexity index is 1170. The average molecular weight is 472 g/mol. The van der Waals surface area contributed by atoms with Gasteiger partial charge in [0.15, 0.2) is 11.5 Å². The molecule has 11 nitrogen and oxygen atoms in total. The van der Waals surface area contributed by atoms with Gasteiger partial charge in [-0.1, -0.05) is 11.6 Å². The van der Waals surface area contributed by atoms with E-state index in [0.717, 1.165) is 11.3 Å². The summed E-state index contributed by atoms with van der Waals surface area (Å²) in [6.45, 7) is 5.06. The number of hydrogen-bond donors (Lipinski definition) is 3. The van der Waals surface area contributed by atoms with Crippen LogP contribution in [0.3, 0.4) is 0 Å². The SMILES string of the molecule is C=NC(=NC)NC(=O)c1cnc(C(C)NC(=O)c2ncnc(Nc3ccncc3)c2Cl)s1. The van der Waals surface area contributed by atoms with Crippen LogP contribution in [0.25, 0.3) is 0 Å². The molecule has 3 N–H and O–H groups in total. The van der Waals surface area contributed by atoms with Gasteiger partial charge in [0, 0.05) is 25.1 Å². The summed E-state index contributed by atoms with van der Waals surface area (Å²) in [5.41, 5.74) is 0.706. The number of aliphatic imine (C=N–C) groups is 2. The maximum Gasteiger partial charge on any atom is 0.272 e. The van der Waals surface area contributed by atoms with Gasteiger partial charge in [0.1, 0.15) is 21.2 Å². The zero-order valence-electron chi connectivity index (χ0n) is 17.0. The number of halogens is 1. The van der Waals surface area contributed by atoms with Crippen LogP contribution in [0.15, 0.2) is 47.0 Å². The molecule has 0 radical (unpaired) electrons. The minimum Gasteiger partial charge on any atom is -0.342 e. The van der Waals surface area contributed by atoms with Gasteiger partial charge in [-0.25, -0.2) is 19.9 Å². The van der Waals surface area contributed by atoms with E-state index >= 15 is 0 Å². The molecule has 3 aromatic rings. The molecule has 0 aliphatic rings. The largest absolute Gasteiger partial charge is 0.342 e. The summed E-state index contributed by atoms with van der Waals surface area (Å²) in [7, 11) is 1.48. The van der Waals surface area contributed by atoms with Gasteiger partial charge in [-0.3, -0.25) is 24.9 Å². The van der Waals surface area contributed by atoms with Gasteiger partial charge >= 0.3 is 0 Å². The molecule has 0 saturated carbocycles. The number of amides is 2. The molecule has 0 aromatic carbocycles. The molecule has 1 atom stereocenters. The Kier molecular flexibility index (Phi) is 7.52. The number of guanidine groups is 1. The normalized spacial score (nSPS) is 12.0. The molecular weight excluding hydrogens is 454 g/mol. The number of carbonyl (C=O) groups is 2. The molecular formula is C19H18ClN9O2S. The molecule has 164 valence electrons. The fourth-order valence-corrected chi connectivity index (χ4v) is 3.48. The highest BCUT2D eigenvalue weighted by atomic mass is 35.5. The van der Waals surface area contributed by atoms with Crippen molar-refractivity contribution in [3.05, 3.63) is 57.7 Å². The lowest BCUT2D eigenvalue weighted by atomic mass is 10.3. The predicted octanol–water partition coefficient (Wildman–Crippen LogP) is 2.63. The smallest absolute Gasteiger partial charge is 0.272 e. The van der Waals surface area contributed by atoms with Crippen molar-refractivity contribution >= 4 is 58.9 Å². The standard InChI is InChI=1S/C19H18ClN9O2S/c1-10(18-24-8-12(32-18)16(30)29-19(21-2)22-3)27-17(31)14-13(20)15(26-9-25-14)28-11-4-6-23-7-5-11/h4-10H,2H2,1,3H3,(H,27,31)(H,22,29,30)(H,23,25,26,28). The van der Waals surface area contributed by atoms with E-state index in [0.29, 0.717) is 15.6 Å². The zero-order valence-corrected chi connectivity index (χ0v) is 18.6. The van der Waals surface area contributed by atoms with Crippen LogP contribution in [-0.2, 0) is 0 Å². The van der Waals surface area contributed by atoms with E-state index in [4.69, 9.17) is 11.6 Å². The molecule has 1 unspecified atom stereocenters. The third-order valence-electron chi connectivity index (χ3n) is 4.00. The fourth-order valence-electron chi connectivity index (χ4n) is 2.44. The Balaban J connectivity index is 1.70. The quantitative estimate of drug-likeness (QED) is 0.370. The minimum atomic E-state index is -0.514. The first kappa shape index (κ1) is 22.9. The highest BCUT2D eigenvalue weighted by Crippen LogP contribution is 2.26. The maximum absolute atomic E-state index is 12.8. The second-order valence-corrected chi connectivity index (χ2v) is 7.60. The summed E-state index contributed by atoms with van der Waals surface area (Å²) in [4.78, 5) is 48.9. The van der Waals surface area contributed by atoms with Gasteiger partial charge < -0.3 is 10.6 Å². The van der Waals surface area contributed by atoms with Gasteiger partial charge in [-0.15, -0.1) is 11.3 Å². The molecule has 0 fully saturated rings. The van der Waals surface area contributed by atoms with Gasteiger partial charge in [0.2, 0.25) is 5.96 Å². The summed E-state index contributed by atoms with van der Waals surface area (Å²) in [5, 5.41) is 8.88. The number of nitrogens with one attached hydrogen (secondary N) is 3. The maximum atomic E-state index is 12.8. The molecule has 2 amide bonds. The lowest BCUT2D eigenvalue weighted by Crippen LogP contribution is -2.28. The van der Waals surface area contributed by atoms with E-state index in [1.807, 2.05) is 0 Å². The number of hydrogen-bond acceptors (Lipinski definition) is 9. The van der Waals surface area contributed by atoms with E-state index in [1.165, 1.54) is 19.6 Å². The number of pyridine rings is 1. The van der Waals surface area contributed by atoms with Gasteiger partial charge in [0.25, 0.3) is 11.8 Å². The first-order valence-corrected chi connectivity index (χ1v) is 10.3. The first-order valence-electron chi connectivity index (χ1n) is 9.12.